The minimum absolute atomic E-state index is 0.0129. The van der Waals surface area contributed by atoms with Crippen molar-refractivity contribution in [3.8, 4) is 11.4 Å². The summed E-state index contributed by atoms with van der Waals surface area (Å²) in [6, 6.07) is 5.76. The van der Waals surface area contributed by atoms with Crippen LogP contribution in [-0.4, -0.2) is 25.7 Å². The van der Waals surface area contributed by atoms with E-state index in [0.717, 1.165) is 0 Å². The molecule has 0 unspecified atom stereocenters. The molecule has 0 aliphatic carbocycles. The molecule has 0 bridgehead atoms. The number of pyridine rings is 1. The lowest BCUT2D eigenvalue weighted by Crippen LogP contribution is -2.00. The van der Waals surface area contributed by atoms with Crippen molar-refractivity contribution in [3.05, 3.63) is 51.3 Å². The summed E-state index contributed by atoms with van der Waals surface area (Å²) in [6.45, 7) is 0. The minimum Gasteiger partial charge on any atom is -0.478 e. The van der Waals surface area contributed by atoms with E-state index < -0.39 is 11.8 Å². The van der Waals surface area contributed by atoms with Gasteiger partial charge in [-0.25, -0.2) is 9.18 Å². The van der Waals surface area contributed by atoms with Crippen LogP contribution < -0.4 is 0 Å². The lowest BCUT2D eigenvalue weighted by Gasteiger charge is -2.05. The molecule has 2 heterocycles. The maximum absolute atomic E-state index is 13.6. The van der Waals surface area contributed by atoms with Gasteiger partial charge in [-0.05, 0) is 34.1 Å². The standard InChI is InChI=1S/C13H6BrClFN3O2/c14-10-7(2-1-3-9(10)16)11-17-18-12-8(15)4-6(13(20)21)5-19(11)12/h1-5H,(H,20,21). The SMILES string of the molecule is O=C(O)c1cc(Cl)c2nnc(-c3cccc(F)c3Br)n2c1. The van der Waals surface area contributed by atoms with Gasteiger partial charge in [-0.1, -0.05) is 17.7 Å². The number of hydrogen-bond donors (Lipinski definition) is 1. The van der Waals surface area contributed by atoms with Crippen molar-refractivity contribution in [3.63, 3.8) is 0 Å². The second kappa shape index (κ2) is 5.09. The molecule has 0 radical (unpaired) electrons. The smallest absolute Gasteiger partial charge is 0.337 e. The van der Waals surface area contributed by atoms with Gasteiger partial charge in [0.2, 0.25) is 0 Å². The Morgan fingerprint density at radius 1 is 1.38 bits per heavy atom. The first-order valence-electron chi connectivity index (χ1n) is 5.71. The van der Waals surface area contributed by atoms with Crippen molar-refractivity contribution in [1.82, 2.24) is 14.6 Å². The second-order valence-corrected chi connectivity index (χ2v) is 5.40. The van der Waals surface area contributed by atoms with E-state index in [1.807, 2.05) is 0 Å². The first kappa shape index (κ1) is 14.0. The van der Waals surface area contributed by atoms with Crippen LogP contribution in [0.25, 0.3) is 17.0 Å². The third kappa shape index (κ3) is 2.28. The molecule has 2 aromatic heterocycles. The van der Waals surface area contributed by atoms with Crippen LogP contribution in [-0.2, 0) is 0 Å². The molecule has 0 saturated heterocycles. The molecule has 0 aliphatic rings. The number of rotatable bonds is 2. The van der Waals surface area contributed by atoms with Crippen LogP contribution in [0.2, 0.25) is 5.02 Å². The van der Waals surface area contributed by atoms with Gasteiger partial charge in [0, 0.05) is 11.8 Å². The fourth-order valence-corrected chi connectivity index (χ4v) is 2.62. The molecule has 0 spiro atoms. The Hall–Kier alpha value is -1.99. The lowest BCUT2D eigenvalue weighted by atomic mass is 10.2. The van der Waals surface area contributed by atoms with Gasteiger partial charge >= 0.3 is 5.97 Å². The molecule has 8 heteroatoms. The largest absolute Gasteiger partial charge is 0.478 e. The number of carbonyl (C=O) groups is 1. The van der Waals surface area contributed by atoms with Gasteiger partial charge in [0.1, 0.15) is 5.82 Å². The molecule has 1 N–H and O–H groups in total. The predicted molar refractivity (Wildman–Crippen MR) is 78.1 cm³/mol. The molecule has 3 aromatic rings. The molecule has 0 amide bonds. The van der Waals surface area contributed by atoms with Crippen LogP contribution in [0.1, 0.15) is 10.4 Å². The molecule has 0 atom stereocenters. The molecule has 3 rings (SSSR count). The third-order valence-corrected chi connectivity index (χ3v) is 3.98. The van der Waals surface area contributed by atoms with Crippen molar-refractivity contribution in [2.75, 3.05) is 0 Å². The lowest BCUT2D eigenvalue weighted by molar-refractivity contribution is 0.0696. The highest BCUT2D eigenvalue weighted by molar-refractivity contribution is 9.10. The first-order chi connectivity index (χ1) is 9.99. The Labute approximate surface area is 131 Å². The zero-order valence-electron chi connectivity index (χ0n) is 10.2. The minimum atomic E-state index is -1.13. The van der Waals surface area contributed by atoms with Crippen LogP contribution >= 0.6 is 27.5 Å². The van der Waals surface area contributed by atoms with Crippen molar-refractivity contribution in [1.29, 1.82) is 0 Å². The topological polar surface area (TPSA) is 67.5 Å². The first-order valence-corrected chi connectivity index (χ1v) is 6.88. The Balaban J connectivity index is 2.33. The van der Waals surface area contributed by atoms with Gasteiger partial charge < -0.3 is 5.11 Å². The van der Waals surface area contributed by atoms with E-state index in [1.54, 1.807) is 6.07 Å². The monoisotopic (exact) mass is 369 g/mol. The average molecular weight is 371 g/mol. The maximum atomic E-state index is 13.6. The van der Waals surface area contributed by atoms with Crippen molar-refractivity contribution < 1.29 is 14.3 Å². The van der Waals surface area contributed by atoms with Gasteiger partial charge in [0.25, 0.3) is 0 Å². The van der Waals surface area contributed by atoms with E-state index in [2.05, 4.69) is 26.1 Å². The molecular formula is C13H6BrClFN3O2. The van der Waals surface area contributed by atoms with Crippen LogP contribution in [0, 0.1) is 5.82 Å². The van der Waals surface area contributed by atoms with Crippen LogP contribution in [0.3, 0.4) is 0 Å². The summed E-state index contributed by atoms with van der Waals surface area (Å²) in [5.41, 5.74) is 0.731. The van der Waals surface area contributed by atoms with E-state index in [0.29, 0.717) is 17.0 Å². The van der Waals surface area contributed by atoms with Gasteiger partial charge in [0.05, 0.1) is 15.1 Å². The summed E-state index contributed by atoms with van der Waals surface area (Å²) < 4.78 is 15.3. The van der Waals surface area contributed by atoms with Crippen LogP contribution in [0.15, 0.2) is 34.9 Å². The number of nitrogens with zero attached hydrogens (tertiary/aromatic N) is 3. The summed E-state index contributed by atoms with van der Waals surface area (Å²) in [7, 11) is 0. The number of benzene rings is 1. The third-order valence-electron chi connectivity index (χ3n) is 2.90. The summed E-state index contributed by atoms with van der Waals surface area (Å²) >= 11 is 9.15. The van der Waals surface area contributed by atoms with Crippen molar-refractivity contribution in [2.45, 2.75) is 0 Å². The molecule has 1 aromatic carbocycles. The van der Waals surface area contributed by atoms with E-state index >= 15 is 0 Å². The Morgan fingerprint density at radius 3 is 2.86 bits per heavy atom. The van der Waals surface area contributed by atoms with Gasteiger partial charge in [-0.3, -0.25) is 4.40 Å². The second-order valence-electron chi connectivity index (χ2n) is 4.20. The van der Waals surface area contributed by atoms with E-state index in [1.165, 1.54) is 28.8 Å². The Kier molecular flexibility index (Phi) is 3.38. The number of aromatic nitrogens is 3. The zero-order chi connectivity index (χ0) is 15.1. The fraction of sp³-hybridized carbons (Fsp3) is 0. The molecule has 106 valence electrons. The summed E-state index contributed by atoms with van der Waals surface area (Å²) in [5, 5.41) is 17.1. The Morgan fingerprint density at radius 2 is 2.14 bits per heavy atom. The maximum Gasteiger partial charge on any atom is 0.337 e. The number of aromatic carboxylic acids is 1. The van der Waals surface area contributed by atoms with E-state index in [-0.39, 0.29) is 15.1 Å². The van der Waals surface area contributed by atoms with Crippen molar-refractivity contribution in [2.24, 2.45) is 0 Å². The average Bonchev–Trinajstić information content (AvgIpc) is 2.86. The summed E-state index contributed by atoms with van der Waals surface area (Å²) in [5.74, 6) is -1.29. The number of hydrogen-bond acceptors (Lipinski definition) is 3. The molecule has 0 aliphatic heterocycles. The van der Waals surface area contributed by atoms with Crippen molar-refractivity contribution >= 4 is 39.1 Å². The highest BCUT2D eigenvalue weighted by atomic mass is 79.9. The normalized spacial score (nSPS) is 11.0. The van der Waals surface area contributed by atoms with Gasteiger partial charge in [-0.15, -0.1) is 10.2 Å². The predicted octanol–water partition coefficient (Wildman–Crippen LogP) is 3.65. The van der Waals surface area contributed by atoms with Crippen LogP contribution in [0.4, 0.5) is 4.39 Å². The molecule has 0 saturated carbocycles. The molecule has 21 heavy (non-hydrogen) atoms. The molecule has 5 nitrogen and oxygen atoms in total. The van der Waals surface area contributed by atoms with E-state index in [4.69, 9.17) is 16.7 Å². The molecule has 0 fully saturated rings. The highest BCUT2D eigenvalue weighted by Gasteiger charge is 2.17. The highest BCUT2D eigenvalue weighted by Crippen LogP contribution is 2.30. The number of carboxylic acids is 1. The fourth-order valence-electron chi connectivity index (χ4n) is 1.93. The molecular weight excluding hydrogens is 365 g/mol. The summed E-state index contributed by atoms with van der Waals surface area (Å²) in [6.07, 6.45) is 1.34. The van der Waals surface area contributed by atoms with Gasteiger partial charge in [-0.2, -0.15) is 0 Å². The number of fused-ring (bicyclic) bond motifs is 1. The van der Waals surface area contributed by atoms with Crippen LogP contribution in [0.5, 0.6) is 0 Å². The number of carboxylic acid groups (broad SMARTS) is 1. The zero-order valence-corrected chi connectivity index (χ0v) is 12.6. The quantitative estimate of drug-likeness (QED) is 0.748. The Bertz CT molecular complexity index is 881. The van der Waals surface area contributed by atoms with Gasteiger partial charge in [0.15, 0.2) is 11.5 Å². The van der Waals surface area contributed by atoms with E-state index in [9.17, 15) is 9.18 Å². The summed E-state index contributed by atoms with van der Waals surface area (Å²) in [4.78, 5) is 11.1. The number of halogens is 3.